The van der Waals surface area contributed by atoms with Crippen LogP contribution in [-0.4, -0.2) is 22.6 Å². The van der Waals surface area contributed by atoms with Crippen LogP contribution in [0.15, 0.2) is 36.5 Å². The molecule has 0 saturated carbocycles. The van der Waals surface area contributed by atoms with Crippen LogP contribution in [0.25, 0.3) is 0 Å². The zero-order valence-electron chi connectivity index (χ0n) is 11.4. The van der Waals surface area contributed by atoms with Gasteiger partial charge in [-0.1, -0.05) is 18.2 Å². The molecule has 1 aromatic carbocycles. The van der Waals surface area contributed by atoms with E-state index in [4.69, 9.17) is 5.11 Å². The second-order valence-corrected chi connectivity index (χ2v) is 5.04. The van der Waals surface area contributed by atoms with Crippen LogP contribution < -0.4 is 4.90 Å². The summed E-state index contributed by atoms with van der Waals surface area (Å²) in [5, 5.41) is 9.05. The van der Waals surface area contributed by atoms with Crippen molar-refractivity contribution in [3.8, 4) is 0 Å². The maximum Gasteiger partial charge on any atom is 0.338 e. The van der Waals surface area contributed by atoms with E-state index in [1.807, 2.05) is 24.3 Å². The molecule has 0 fully saturated rings. The molecular weight excluding hydrogens is 271 g/mol. The molecule has 0 atom stereocenters. The van der Waals surface area contributed by atoms with Gasteiger partial charge in [-0.2, -0.15) is 0 Å². The highest BCUT2D eigenvalue weighted by molar-refractivity contribution is 5.89. The molecular formula is C16H15FN2O2. The normalized spacial score (nSPS) is 14.4. The molecule has 108 valence electrons. The van der Waals surface area contributed by atoms with E-state index in [1.54, 1.807) is 4.90 Å². The van der Waals surface area contributed by atoms with Crippen molar-refractivity contribution >= 4 is 17.5 Å². The molecule has 0 bridgehead atoms. The third kappa shape index (κ3) is 2.46. The summed E-state index contributed by atoms with van der Waals surface area (Å²) in [5.74, 6) is -1.97. The van der Waals surface area contributed by atoms with E-state index in [0.29, 0.717) is 6.54 Å². The van der Waals surface area contributed by atoms with Gasteiger partial charge >= 0.3 is 5.97 Å². The lowest BCUT2D eigenvalue weighted by atomic mass is 10.1. The number of para-hydroxylation sites is 1. The average molecular weight is 286 g/mol. The number of aryl methyl sites for hydroxylation is 1. The average Bonchev–Trinajstić information content (AvgIpc) is 2.69. The van der Waals surface area contributed by atoms with E-state index in [1.165, 1.54) is 12.3 Å². The van der Waals surface area contributed by atoms with Gasteiger partial charge < -0.3 is 10.0 Å². The number of aromatic nitrogens is 1. The summed E-state index contributed by atoms with van der Waals surface area (Å²) in [6, 6.07) is 8.99. The van der Waals surface area contributed by atoms with Crippen LogP contribution in [0.1, 0.15) is 28.8 Å². The summed E-state index contributed by atoms with van der Waals surface area (Å²) in [5.41, 5.74) is 1.70. The van der Waals surface area contributed by atoms with Gasteiger partial charge in [0, 0.05) is 18.4 Å². The van der Waals surface area contributed by atoms with Gasteiger partial charge in [-0.15, -0.1) is 0 Å². The standard InChI is InChI=1S/C16H15FN2O2/c17-14-12(16(20)21)8-9-18-15(14)19-10-4-3-6-11-5-1-2-7-13(11)19/h1-2,5,7-9H,3-4,6,10H2,(H,20,21). The summed E-state index contributed by atoms with van der Waals surface area (Å²) in [6.07, 6.45) is 4.21. The van der Waals surface area contributed by atoms with Gasteiger partial charge in [-0.05, 0) is 37.0 Å². The van der Waals surface area contributed by atoms with Crippen molar-refractivity contribution < 1.29 is 14.3 Å². The van der Waals surface area contributed by atoms with Crippen LogP contribution in [0.4, 0.5) is 15.9 Å². The first-order chi connectivity index (χ1) is 10.2. The van der Waals surface area contributed by atoms with E-state index in [9.17, 15) is 9.18 Å². The third-order valence-corrected chi connectivity index (χ3v) is 3.72. The molecule has 2 heterocycles. The Kier molecular flexibility index (Phi) is 3.56. The van der Waals surface area contributed by atoms with Crippen LogP contribution in [0.2, 0.25) is 0 Å². The minimum absolute atomic E-state index is 0.0873. The minimum Gasteiger partial charge on any atom is -0.478 e. The lowest BCUT2D eigenvalue weighted by molar-refractivity contribution is 0.0692. The van der Waals surface area contributed by atoms with Crippen LogP contribution in [0.3, 0.4) is 0 Å². The first-order valence-electron chi connectivity index (χ1n) is 6.91. The topological polar surface area (TPSA) is 53.4 Å². The van der Waals surface area contributed by atoms with Crippen molar-refractivity contribution in [2.24, 2.45) is 0 Å². The fourth-order valence-electron chi connectivity index (χ4n) is 2.70. The first-order valence-corrected chi connectivity index (χ1v) is 6.91. The van der Waals surface area contributed by atoms with Gasteiger partial charge in [0.2, 0.25) is 0 Å². The molecule has 2 aromatic rings. The first kappa shape index (κ1) is 13.5. The van der Waals surface area contributed by atoms with E-state index in [0.717, 1.165) is 30.5 Å². The molecule has 0 spiro atoms. The molecule has 1 aliphatic rings. The largest absolute Gasteiger partial charge is 0.478 e. The number of aromatic carboxylic acids is 1. The Hall–Kier alpha value is -2.43. The van der Waals surface area contributed by atoms with Gasteiger partial charge in [0.1, 0.15) is 5.56 Å². The number of rotatable bonds is 2. The van der Waals surface area contributed by atoms with E-state index < -0.39 is 11.8 Å². The summed E-state index contributed by atoms with van der Waals surface area (Å²) in [7, 11) is 0. The lowest BCUT2D eigenvalue weighted by Crippen LogP contribution is -2.21. The number of benzene rings is 1. The van der Waals surface area contributed by atoms with Gasteiger partial charge in [0.15, 0.2) is 11.6 Å². The minimum atomic E-state index is -1.28. The third-order valence-electron chi connectivity index (χ3n) is 3.72. The zero-order chi connectivity index (χ0) is 14.8. The Morgan fingerprint density at radius 3 is 2.86 bits per heavy atom. The molecule has 0 amide bonds. The Bertz CT molecular complexity index is 688. The van der Waals surface area contributed by atoms with Crippen LogP contribution in [0.5, 0.6) is 0 Å². The van der Waals surface area contributed by atoms with Crippen molar-refractivity contribution in [2.75, 3.05) is 11.4 Å². The zero-order valence-corrected chi connectivity index (χ0v) is 11.4. The summed E-state index contributed by atoms with van der Waals surface area (Å²) < 4.78 is 14.4. The Morgan fingerprint density at radius 1 is 1.24 bits per heavy atom. The maximum absolute atomic E-state index is 14.4. The molecule has 21 heavy (non-hydrogen) atoms. The van der Waals surface area contributed by atoms with Gasteiger partial charge in [-0.3, -0.25) is 0 Å². The smallest absolute Gasteiger partial charge is 0.338 e. The molecule has 1 aromatic heterocycles. The number of hydrogen-bond acceptors (Lipinski definition) is 3. The van der Waals surface area contributed by atoms with Crippen LogP contribution in [0, 0.1) is 5.82 Å². The van der Waals surface area contributed by atoms with Crippen LogP contribution in [-0.2, 0) is 6.42 Å². The second kappa shape index (κ2) is 5.52. The van der Waals surface area contributed by atoms with Gasteiger partial charge in [0.05, 0.1) is 0 Å². The number of nitrogens with zero attached hydrogens (tertiary/aromatic N) is 2. The lowest BCUT2D eigenvalue weighted by Gasteiger charge is -2.24. The number of anilines is 2. The van der Waals surface area contributed by atoms with Crippen molar-refractivity contribution in [3.05, 3.63) is 53.5 Å². The number of carboxylic acids is 1. The number of carboxylic acid groups (broad SMARTS) is 1. The highest BCUT2D eigenvalue weighted by Gasteiger charge is 2.23. The predicted octanol–water partition coefficient (Wildman–Crippen LogP) is 3.39. The fraction of sp³-hybridized carbons (Fsp3) is 0.250. The molecule has 0 saturated heterocycles. The highest BCUT2D eigenvalue weighted by Crippen LogP contribution is 2.33. The fourth-order valence-corrected chi connectivity index (χ4v) is 2.70. The van der Waals surface area contributed by atoms with E-state index >= 15 is 0 Å². The molecule has 0 unspecified atom stereocenters. The van der Waals surface area contributed by atoms with Crippen molar-refractivity contribution in [1.29, 1.82) is 0 Å². The second-order valence-electron chi connectivity index (χ2n) is 5.04. The van der Waals surface area contributed by atoms with E-state index in [-0.39, 0.29) is 11.4 Å². The van der Waals surface area contributed by atoms with Crippen molar-refractivity contribution in [2.45, 2.75) is 19.3 Å². The molecule has 0 radical (unpaired) electrons. The number of carbonyl (C=O) groups is 1. The number of fused-ring (bicyclic) bond motifs is 1. The Balaban J connectivity index is 2.12. The Labute approximate surface area is 121 Å². The molecule has 5 heteroatoms. The summed E-state index contributed by atoms with van der Waals surface area (Å²) in [6.45, 7) is 0.629. The number of halogens is 1. The number of pyridine rings is 1. The SMILES string of the molecule is O=C(O)c1ccnc(N2CCCCc3ccccc32)c1F. The highest BCUT2D eigenvalue weighted by atomic mass is 19.1. The van der Waals surface area contributed by atoms with Gasteiger partial charge in [0.25, 0.3) is 0 Å². The van der Waals surface area contributed by atoms with E-state index in [2.05, 4.69) is 4.98 Å². The van der Waals surface area contributed by atoms with Crippen LogP contribution >= 0.6 is 0 Å². The molecule has 1 N–H and O–H groups in total. The maximum atomic E-state index is 14.4. The summed E-state index contributed by atoms with van der Waals surface area (Å²) in [4.78, 5) is 16.9. The quantitative estimate of drug-likeness (QED) is 0.919. The summed E-state index contributed by atoms with van der Waals surface area (Å²) >= 11 is 0. The van der Waals surface area contributed by atoms with Gasteiger partial charge in [-0.25, -0.2) is 14.2 Å². The monoisotopic (exact) mass is 286 g/mol. The molecule has 3 rings (SSSR count). The number of hydrogen-bond donors (Lipinski definition) is 1. The predicted molar refractivity (Wildman–Crippen MR) is 77.5 cm³/mol. The Morgan fingerprint density at radius 2 is 2.05 bits per heavy atom. The van der Waals surface area contributed by atoms with Crippen molar-refractivity contribution in [1.82, 2.24) is 4.98 Å². The molecule has 4 nitrogen and oxygen atoms in total. The molecule has 1 aliphatic heterocycles. The molecule has 0 aliphatic carbocycles. The van der Waals surface area contributed by atoms with Crippen molar-refractivity contribution in [3.63, 3.8) is 0 Å².